The van der Waals surface area contributed by atoms with Crippen LogP contribution in [0.5, 0.6) is 0 Å². The Hall–Kier alpha value is -0.0800. The summed E-state index contributed by atoms with van der Waals surface area (Å²) in [5, 5.41) is 10.4. The minimum absolute atomic E-state index is 0.369. The van der Waals surface area contributed by atoms with Gasteiger partial charge < -0.3 is 10.8 Å². The predicted octanol–water partition coefficient (Wildman–Crippen LogP) is 13.4. The van der Waals surface area contributed by atoms with Crippen molar-refractivity contribution in [3.8, 4) is 0 Å². The van der Waals surface area contributed by atoms with Crippen LogP contribution in [0.3, 0.4) is 0 Å². The zero-order chi connectivity index (χ0) is 30.1. The number of rotatable bonds is 35. The first-order chi connectivity index (χ1) is 20.1. The summed E-state index contributed by atoms with van der Waals surface area (Å²) in [4.78, 5) is 0. The SMILES string of the molecule is CCCCCCCCCCCCCCCCCCC(N)(CCCCCCCCCCCCCCCCCC)C(C)O. The van der Waals surface area contributed by atoms with Gasteiger partial charge in [0.05, 0.1) is 6.10 Å². The van der Waals surface area contributed by atoms with Gasteiger partial charge in [-0.2, -0.15) is 0 Å². The van der Waals surface area contributed by atoms with Gasteiger partial charge >= 0.3 is 0 Å². The van der Waals surface area contributed by atoms with Crippen LogP contribution in [0.25, 0.3) is 0 Å². The zero-order valence-corrected chi connectivity index (χ0v) is 29.1. The molecule has 0 amide bonds. The number of unbranched alkanes of at least 4 members (excludes halogenated alkanes) is 30. The standard InChI is InChI=1S/C39H81NO/c1-4-6-8-10-12-14-16-18-20-22-24-26-28-30-32-34-36-39(40,38(3)41)37-35-33-31-29-27-25-23-21-19-17-15-13-11-9-7-5-2/h38,41H,4-37,40H2,1-3H3. The molecule has 0 aliphatic heterocycles. The van der Waals surface area contributed by atoms with Crippen molar-refractivity contribution in [2.75, 3.05) is 0 Å². The molecule has 2 heteroatoms. The van der Waals surface area contributed by atoms with Crippen molar-refractivity contribution in [2.45, 2.75) is 251 Å². The summed E-state index contributed by atoms with van der Waals surface area (Å²) in [6.45, 7) is 6.51. The Morgan fingerprint density at radius 1 is 0.366 bits per heavy atom. The molecule has 0 aliphatic rings. The van der Waals surface area contributed by atoms with E-state index >= 15 is 0 Å². The molecule has 0 radical (unpaired) electrons. The molecule has 0 aliphatic carbocycles. The molecule has 248 valence electrons. The van der Waals surface area contributed by atoms with Crippen molar-refractivity contribution >= 4 is 0 Å². The first-order valence-corrected chi connectivity index (χ1v) is 19.5. The van der Waals surface area contributed by atoms with Gasteiger partial charge in [-0.05, 0) is 19.8 Å². The van der Waals surface area contributed by atoms with E-state index in [0.29, 0.717) is 0 Å². The maximum Gasteiger partial charge on any atom is 0.0691 e. The van der Waals surface area contributed by atoms with Crippen LogP contribution in [0, 0.1) is 0 Å². The highest BCUT2D eigenvalue weighted by Gasteiger charge is 2.29. The summed E-state index contributed by atoms with van der Waals surface area (Å²) < 4.78 is 0. The second-order valence-corrected chi connectivity index (χ2v) is 14.0. The molecule has 3 N–H and O–H groups in total. The Morgan fingerprint density at radius 2 is 0.537 bits per heavy atom. The fourth-order valence-corrected chi connectivity index (χ4v) is 6.55. The van der Waals surface area contributed by atoms with Crippen LogP contribution in [-0.4, -0.2) is 16.7 Å². The summed E-state index contributed by atoms with van der Waals surface area (Å²) in [5.41, 5.74) is 6.34. The number of hydrogen-bond donors (Lipinski definition) is 2. The van der Waals surface area contributed by atoms with Gasteiger partial charge in [-0.15, -0.1) is 0 Å². The van der Waals surface area contributed by atoms with Crippen LogP contribution in [0.2, 0.25) is 0 Å². The molecule has 41 heavy (non-hydrogen) atoms. The largest absolute Gasteiger partial charge is 0.392 e. The fraction of sp³-hybridized carbons (Fsp3) is 1.00. The Morgan fingerprint density at radius 3 is 0.707 bits per heavy atom. The van der Waals surface area contributed by atoms with Gasteiger partial charge in [-0.3, -0.25) is 0 Å². The average molecular weight is 580 g/mol. The van der Waals surface area contributed by atoms with E-state index in [1.54, 1.807) is 0 Å². The number of nitrogens with two attached hydrogens (primary N) is 1. The zero-order valence-electron chi connectivity index (χ0n) is 29.1. The molecule has 1 unspecified atom stereocenters. The first kappa shape index (κ1) is 40.9. The van der Waals surface area contributed by atoms with Crippen molar-refractivity contribution < 1.29 is 5.11 Å². The van der Waals surface area contributed by atoms with E-state index in [1.807, 2.05) is 6.92 Å². The maximum absolute atomic E-state index is 10.4. The lowest BCUT2D eigenvalue weighted by molar-refractivity contribution is 0.0842. The van der Waals surface area contributed by atoms with Gasteiger partial charge in [-0.1, -0.05) is 219 Å². The van der Waals surface area contributed by atoms with Crippen molar-refractivity contribution in [2.24, 2.45) is 5.73 Å². The number of hydrogen-bond acceptors (Lipinski definition) is 2. The molecule has 0 spiro atoms. The topological polar surface area (TPSA) is 46.2 Å². The molecule has 0 aromatic rings. The molecular weight excluding hydrogens is 498 g/mol. The van der Waals surface area contributed by atoms with Crippen molar-refractivity contribution in [3.63, 3.8) is 0 Å². The van der Waals surface area contributed by atoms with Crippen molar-refractivity contribution in [1.82, 2.24) is 0 Å². The Bertz CT molecular complexity index is 440. The summed E-state index contributed by atoms with van der Waals surface area (Å²) >= 11 is 0. The minimum atomic E-state index is -0.393. The molecular formula is C39H81NO. The van der Waals surface area contributed by atoms with Crippen LogP contribution >= 0.6 is 0 Å². The van der Waals surface area contributed by atoms with Gasteiger partial charge in [-0.25, -0.2) is 0 Å². The molecule has 0 saturated heterocycles. The van der Waals surface area contributed by atoms with Crippen molar-refractivity contribution in [3.05, 3.63) is 0 Å². The van der Waals surface area contributed by atoms with E-state index in [0.717, 1.165) is 12.8 Å². The number of aliphatic hydroxyl groups is 1. The molecule has 0 heterocycles. The normalized spacial score (nSPS) is 12.8. The van der Waals surface area contributed by atoms with Gasteiger partial charge in [0.2, 0.25) is 0 Å². The predicted molar refractivity (Wildman–Crippen MR) is 187 cm³/mol. The van der Waals surface area contributed by atoms with E-state index in [-0.39, 0.29) is 5.54 Å². The molecule has 2 nitrogen and oxygen atoms in total. The van der Waals surface area contributed by atoms with E-state index < -0.39 is 6.10 Å². The van der Waals surface area contributed by atoms with Crippen molar-refractivity contribution in [1.29, 1.82) is 0 Å². The summed E-state index contributed by atoms with van der Waals surface area (Å²) in [6, 6.07) is 0. The summed E-state index contributed by atoms with van der Waals surface area (Å²) in [6.07, 6.45) is 46.3. The smallest absolute Gasteiger partial charge is 0.0691 e. The van der Waals surface area contributed by atoms with Gasteiger partial charge in [0, 0.05) is 5.54 Å². The Labute approximate surface area is 261 Å². The second kappa shape index (κ2) is 32.8. The first-order valence-electron chi connectivity index (χ1n) is 19.5. The van der Waals surface area contributed by atoms with Gasteiger partial charge in [0.15, 0.2) is 0 Å². The third-order valence-electron chi connectivity index (χ3n) is 9.82. The molecule has 1 atom stereocenters. The monoisotopic (exact) mass is 580 g/mol. The van der Waals surface area contributed by atoms with Crippen LogP contribution in [0.4, 0.5) is 0 Å². The lowest BCUT2D eigenvalue weighted by atomic mass is 9.83. The fourth-order valence-electron chi connectivity index (χ4n) is 6.55. The molecule has 0 rings (SSSR count). The molecule has 0 saturated carbocycles. The third-order valence-corrected chi connectivity index (χ3v) is 9.82. The summed E-state index contributed by atoms with van der Waals surface area (Å²) in [5.74, 6) is 0. The highest BCUT2D eigenvalue weighted by Crippen LogP contribution is 2.25. The van der Waals surface area contributed by atoms with E-state index in [1.165, 1.54) is 205 Å². The van der Waals surface area contributed by atoms with Gasteiger partial charge in [0.25, 0.3) is 0 Å². The van der Waals surface area contributed by atoms with Crippen LogP contribution < -0.4 is 5.73 Å². The molecule has 0 aromatic heterocycles. The van der Waals surface area contributed by atoms with E-state index in [4.69, 9.17) is 5.73 Å². The lowest BCUT2D eigenvalue weighted by Gasteiger charge is -2.33. The highest BCUT2D eigenvalue weighted by atomic mass is 16.3. The average Bonchev–Trinajstić information content (AvgIpc) is 2.96. The molecule has 0 fully saturated rings. The highest BCUT2D eigenvalue weighted by molar-refractivity contribution is 4.89. The lowest BCUT2D eigenvalue weighted by Crippen LogP contribution is -2.49. The third kappa shape index (κ3) is 29.8. The van der Waals surface area contributed by atoms with Crippen LogP contribution in [-0.2, 0) is 0 Å². The van der Waals surface area contributed by atoms with E-state index in [9.17, 15) is 5.11 Å². The minimum Gasteiger partial charge on any atom is -0.392 e. The maximum atomic E-state index is 10.4. The summed E-state index contributed by atoms with van der Waals surface area (Å²) in [7, 11) is 0. The number of aliphatic hydroxyl groups excluding tert-OH is 1. The second-order valence-electron chi connectivity index (χ2n) is 14.0. The van der Waals surface area contributed by atoms with Gasteiger partial charge in [0.1, 0.15) is 0 Å². The molecule has 0 bridgehead atoms. The van der Waals surface area contributed by atoms with Crippen LogP contribution in [0.15, 0.2) is 0 Å². The quantitative estimate of drug-likeness (QED) is 0.0733. The van der Waals surface area contributed by atoms with E-state index in [2.05, 4.69) is 13.8 Å². The Kier molecular flexibility index (Phi) is 32.8. The van der Waals surface area contributed by atoms with Crippen LogP contribution in [0.1, 0.15) is 239 Å². The molecule has 0 aromatic carbocycles. The Balaban J connectivity index is 3.50.